The third-order valence-corrected chi connectivity index (χ3v) is 1.70. The maximum absolute atomic E-state index is 9.21. The van der Waals surface area contributed by atoms with Crippen LogP contribution in [0.25, 0.3) is 0 Å². The second-order valence-corrected chi connectivity index (χ2v) is 3.99. The van der Waals surface area contributed by atoms with Crippen molar-refractivity contribution in [3.05, 3.63) is 23.8 Å². The third kappa shape index (κ3) is 2.95. The summed E-state index contributed by atoms with van der Waals surface area (Å²) in [6.07, 6.45) is 0.668. The predicted octanol–water partition coefficient (Wildman–Crippen LogP) is 1.38. The van der Waals surface area contributed by atoms with E-state index in [4.69, 9.17) is 10.8 Å². The first-order chi connectivity index (χ1) is 5.88. The Bertz CT molecular complexity index is 302. The van der Waals surface area contributed by atoms with E-state index < -0.39 is 0 Å². The average Bonchev–Trinajstić information content (AvgIpc) is 1.94. The SMILES string of the molecule is CC(C)(N)Cc1ccc(O)c(O)c1. The summed E-state index contributed by atoms with van der Waals surface area (Å²) in [6.45, 7) is 3.83. The molecule has 1 rings (SSSR count). The molecule has 0 heterocycles. The standard InChI is InChI=1S/C10H15NO2/c1-10(2,11)6-7-3-4-8(12)9(13)5-7/h3-5,12-13H,6,11H2,1-2H3. The highest BCUT2D eigenvalue weighted by Crippen LogP contribution is 2.26. The highest BCUT2D eigenvalue weighted by Gasteiger charge is 2.12. The molecule has 4 N–H and O–H groups in total. The maximum atomic E-state index is 9.21. The molecule has 1 aromatic carbocycles. The first-order valence-corrected chi connectivity index (χ1v) is 4.18. The molecule has 0 saturated heterocycles. The maximum Gasteiger partial charge on any atom is 0.157 e. The first kappa shape index (κ1) is 9.86. The average molecular weight is 181 g/mol. The molecule has 72 valence electrons. The van der Waals surface area contributed by atoms with Crippen LogP contribution >= 0.6 is 0 Å². The number of rotatable bonds is 2. The van der Waals surface area contributed by atoms with Gasteiger partial charge in [-0.25, -0.2) is 0 Å². The van der Waals surface area contributed by atoms with Crippen molar-refractivity contribution in [2.24, 2.45) is 5.73 Å². The van der Waals surface area contributed by atoms with Crippen molar-refractivity contribution < 1.29 is 10.2 Å². The van der Waals surface area contributed by atoms with E-state index in [1.54, 1.807) is 6.07 Å². The van der Waals surface area contributed by atoms with Crippen molar-refractivity contribution in [3.63, 3.8) is 0 Å². The van der Waals surface area contributed by atoms with Crippen molar-refractivity contribution in [1.82, 2.24) is 0 Å². The lowest BCUT2D eigenvalue weighted by Gasteiger charge is -2.18. The molecule has 0 aliphatic heterocycles. The highest BCUT2D eigenvalue weighted by atomic mass is 16.3. The van der Waals surface area contributed by atoms with Gasteiger partial charge in [0.15, 0.2) is 11.5 Å². The Labute approximate surface area is 77.8 Å². The minimum Gasteiger partial charge on any atom is -0.504 e. The van der Waals surface area contributed by atoms with Gasteiger partial charge in [-0.05, 0) is 38.0 Å². The summed E-state index contributed by atoms with van der Waals surface area (Å²) in [4.78, 5) is 0. The fourth-order valence-corrected chi connectivity index (χ4v) is 1.21. The molecule has 0 bridgehead atoms. The summed E-state index contributed by atoms with van der Waals surface area (Å²) in [5.74, 6) is -0.194. The van der Waals surface area contributed by atoms with Crippen molar-refractivity contribution in [2.45, 2.75) is 25.8 Å². The van der Waals surface area contributed by atoms with Crippen molar-refractivity contribution >= 4 is 0 Å². The van der Waals surface area contributed by atoms with Crippen LogP contribution in [0.2, 0.25) is 0 Å². The van der Waals surface area contributed by atoms with Gasteiger partial charge in [-0.2, -0.15) is 0 Å². The third-order valence-electron chi connectivity index (χ3n) is 1.70. The number of phenolic OH excluding ortho intramolecular Hbond substituents is 2. The van der Waals surface area contributed by atoms with Gasteiger partial charge in [-0.3, -0.25) is 0 Å². The number of benzene rings is 1. The van der Waals surface area contributed by atoms with Gasteiger partial charge in [-0.1, -0.05) is 6.07 Å². The van der Waals surface area contributed by atoms with E-state index >= 15 is 0 Å². The summed E-state index contributed by atoms with van der Waals surface area (Å²) < 4.78 is 0. The zero-order chi connectivity index (χ0) is 10.1. The predicted molar refractivity (Wildman–Crippen MR) is 51.7 cm³/mol. The lowest BCUT2D eigenvalue weighted by atomic mass is 9.96. The van der Waals surface area contributed by atoms with E-state index in [1.165, 1.54) is 12.1 Å². The second-order valence-electron chi connectivity index (χ2n) is 3.99. The number of phenols is 2. The highest BCUT2D eigenvalue weighted by molar-refractivity contribution is 5.40. The molecule has 1 aromatic rings. The number of aromatic hydroxyl groups is 2. The molecule has 0 fully saturated rings. The molecular weight excluding hydrogens is 166 g/mol. The molecular formula is C10H15NO2. The molecule has 0 radical (unpaired) electrons. The molecule has 0 aromatic heterocycles. The van der Waals surface area contributed by atoms with Gasteiger partial charge in [0.25, 0.3) is 0 Å². The fourth-order valence-electron chi connectivity index (χ4n) is 1.21. The minimum absolute atomic E-state index is 0.0956. The Hall–Kier alpha value is -1.22. The van der Waals surface area contributed by atoms with Crippen LogP contribution in [0.5, 0.6) is 11.5 Å². The summed E-state index contributed by atoms with van der Waals surface area (Å²) in [5, 5.41) is 18.3. The van der Waals surface area contributed by atoms with Crippen molar-refractivity contribution in [2.75, 3.05) is 0 Å². The lowest BCUT2D eigenvalue weighted by molar-refractivity contribution is 0.402. The minimum atomic E-state index is -0.302. The summed E-state index contributed by atoms with van der Waals surface area (Å²) in [5.41, 5.74) is 6.43. The molecule has 0 saturated carbocycles. The summed E-state index contributed by atoms with van der Waals surface area (Å²) >= 11 is 0. The van der Waals surface area contributed by atoms with Gasteiger partial charge in [0.05, 0.1) is 0 Å². The molecule has 3 nitrogen and oxygen atoms in total. The Balaban J connectivity index is 2.86. The van der Waals surface area contributed by atoms with Crippen LogP contribution in [-0.2, 0) is 6.42 Å². The van der Waals surface area contributed by atoms with Crippen LogP contribution < -0.4 is 5.73 Å². The van der Waals surface area contributed by atoms with E-state index in [2.05, 4.69) is 0 Å². The van der Waals surface area contributed by atoms with Crippen LogP contribution in [0, 0.1) is 0 Å². The van der Waals surface area contributed by atoms with Crippen molar-refractivity contribution in [3.8, 4) is 11.5 Å². The topological polar surface area (TPSA) is 66.5 Å². The zero-order valence-electron chi connectivity index (χ0n) is 7.91. The largest absolute Gasteiger partial charge is 0.504 e. The van der Waals surface area contributed by atoms with Gasteiger partial charge in [0.1, 0.15) is 0 Å². The lowest BCUT2D eigenvalue weighted by Crippen LogP contribution is -2.34. The number of nitrogens with two attached hydrogens (primary N) is 1. The molecule has 13 heavy (non-hydrogen) atoms. The number of hydrogen-bond donors (Lipinski definition) is 3. The monoisotopic (exact) mass is 181 g/mol. The molecule has 0 aliphatic rings. The summed E-state index contributed by atoms with van der Waals surface area (Å²) in [7, 11) is 0. The van der Waals surface area contributed by atoms with E-state index in [-0.39, 0.29) is 17.0 Å². The smallest absolute Gasteiger partial charge is 0.157 e. The Kier molecular flexibility index (Phi) is 2.48. The van der Waals surface area contributed by atoms with Crippen LogP contribution in [0.4, 0.5) is 0 Å². The van der Waals surface area contributed by atoms with Crippen molar-refractivity contribution in [1.29, 1.82) is 0 Å². The van der Waals surface area contributed by atoms with Crippen LogP contribution in [0.3, 0.4) is 0 Å². The van der Waals surface area contributed by atoms with Crippen LogP contribution in [0.1, 0.15) is 19.4 Å². The quantitative estimate of drug-likeness (QED) is 0.604. The molecule has 3 heteroatoms. The molecule has 0 amide bonds. The van der Waals surface area contributed by atoms with Gasteiger partial charge >= 0.3 is 0 Å². The molecule has 0 unspecified atom stereocenters. The second kappa shape index (κ2) is 3.26. The van der Waals surface area contributed by atoms with Crippen LogP contribution in [0.15, 0.2) is 18.2 Å². The van der Waals surface area contributed by atoms with Gasteiger partial charge in [0.2, 0.25) is 0 Å². The van der Waals surface area contributed by atoms with E-state index in [0.717, 1.165) is 5.56 Å². The number of hydrogen-bond acceptors (Lipinski definition) is 3. The van der Waals surface area contributed by atoms with E-state index in [1.807, 2.05) is 13.8 Å². The van der Waals surface area contributed by atoms with Gasteiger partial charge in [0, 0.05) is 5.54 Å². The van der Waals surface area contributed by atoms with E-state index in [9.17, 15) is 5.11 Å². The normalized spacial score (nSPS) is 11.6. The Morgan fingerprint density at radius 2 is 1.85 bits per heavy atom. The zero-order valence-corrected chi connectivity index (χ0v) is 7.91. The molecule has 0 aliphatic carbocycles. The van der Waals surface area contributed by atoms with Crippen LogP contribution in [-0.4, -0.2) is 15.8 Å². The fraction of sp³-hybridized carbons (Fsp3) is 0.400. The molecule has 0 spiro atoms. The van der Waals surface area contributed by atoms with Gasteiger partial charge in [-0.15, -0.1) is 0 Å². The first-order valence-electron chi connectivity index (χ1n) is 4.18. The summed E-state index contributed by atoms with van der Waals surface area (Å²) in [6, 6.07) is 4.75. The van der Waals surface area contributed by atoms with E-state index in [0.29, 0.717) is 6.42 Å². The Morgan fingerprint density at radius 3 is 2.31 bits per heavy atom. The van der Waals surface area contributed by atoms with Gasteiger partial charge < -0.3 is 15.9 Å². The Morgan fingerprint density at radius 1 is 1.23 bits per heavy atom. The molecule has 0 atom stereocenters.